The lowest BCUT2D eigenvalue weighted by Gasteiger charge is -2.06. The first-order valence-electron chi connectivity index (χ1n) is 5.19. The minimum atomic E-state index is 0. The lowest BCUT2D eigenvalue weighted by atomic mass is 9.98. The monoisotopic (exact) mass is 212 g/mol. The zero-order valence-electron chi connectivity index (χ0n) is 9.35. The second-order valence-electron chi connectivity index (χ2n) is 3.43. The van der Waals surface area contributed by atoms with Crippen LogP contribution < -0.4 is 0 Å². The highest BCUT2D eigenvalue weighted by Crippen LogP contribution is 2.22. The molecule has 0 aliphatic carbocycles. The average Bonchev–Trinajstić information content (AvgIpc) is 2.33. The maximum Gasteiger partial charge on any atom is -0.0154 e. The molecule has 0 saturated heterocycles. The number of hydrogen-bond donors (Lipinski definition) is 0. The van der Waals surface area contributed by atoms with Crippen molar-refractivity contribution < 1.29 is 5.48 Å². The third-order valence-corrected chi connectivity index (χ3v) is 2.46. The number of rotatable bonds is 2. The molecule has 0 heterocycles. The quantitative estimate of drug-likeness (QED) is 0.731. The van der Waals surface area contributed by atoms with E-state index in [4.69, 9.17) is 0 Å². The van der Waals surface area contributed by atoms with Gasteiger partial charge in [-0.3, -0.25) is 0 Å². The lowest BCUT2D eigenvalue weighted by Crippen LogP contribution is -1.86. The van der Waals surface area contributed by atoms with Crippen molar-refractivity contribution >= 4 is 5.57 Å². The second kappa shape index (κ2) is 5.89. The van der Waals surface area contributed by atoms with Crippen LogP contribution in [0.25, 0.3) is 5.57 Å². The maximum absolute atomic E-state index is 2.16. The molecule has 0 aliphatic heterocycles. The van der Waals surface area contributed by atoms with Crippen LogP contribution in [0.1, 0.15) is 18.1 Å². The predicted octanol–water partition coefficient (Wildman–Crippen LogP) is 3.31. The first kappa shape index (κ1) is 12.2. The Hall–Kier alpha value is -1.86. The van der Waals surface area contributed by atoms with Gasteiger partial charge in [0, 0.05) is 0 Å². The first-order chi connectivity index (χ1) is 7.42. The molecule has 2 rings (SSSR count). The zero-order chi connectivity index (χ0) is 10.5. The van der Waals surface area contributed by atoms with Gasteiger partial charge in [0.05, 0.1) is 0 Å². The third kappa shape index (κ3) is 2.59. The standard InChI is InChI=1S/C15H14.H2O/c1-2-15(13-9-5-3-6-10-13)14-11-7-4-8-12-14;/h2-12H,1H3;1H2. The smallest absolute Gasteiger partial charge is 0.0154 e. The summed E-state index contributed by atoms with van der Waals surface area (Å²) in [6, 6.07) is 20.9. The van der Waals surface area contributed by atoms with E-state index in [-0.39, 0.29) is 5.48 Å². The molecule has 82 valence electrons. The normalized spacial score (nSPS) is 9.06. The van der Waals surface area contributed by atoms with E-state index in [0.29, 0.717) is 0 Å². The van der Waals surface area contributed by atoms with E-state index < -0.39 is 0 Å². The number of benzene rings is 2. The molecule has 1 nitrogen and oxygen atoms in total. The van der Waals surface area contributed by atoms with Crippen molar-refractivity contribution in [3.8, 4) is 0 Å². The van der Waals surface area contributed by atoms with Gasteiger partial charge in [0.15, 0.2) is 0 Å². The lowest BCUT2D eigenvalue weighted by molar-refractivity contribution is 0.824. The summed E-state index contributed by atoms with van der Waals surface area (Å²) in [6.07, 6.45) is 2.16. The van der Waals surface area contributed by atoms with E-state index in [1.54, 1.807) is 0 Å². The Morgan fingerprint density at radius 2 is 1.12 bits per heavy atom. The topological polar surface area (TPSA) is 31.5 Å². The van der Waals surface area contributed by atoms with Crippen LogP contribution in [0, 0.1) is 0 Å². The van der Waals surface area contributed by atoms with Gasteiger partial charge in [0.1, 0.15) is 0 Å². The van der Waals surface area contributed by atoms with E-state index in [9.17, 15) is 0 Å². The molecule has 0 saturated carbocycles. The Kier molecular flexibility index (Phi) is 4.49. The molecule has 0 fully saturated rings. The van der Waals surface area contributed by atoms with Crippen LogP contribution in [-0.4, -0.2) is 5.48 Å². The highest BCUT2D eigenvalue weighted by Gasteiger charge is 2.01. The summed E-state index contributed by atoms with van der Waals surface area (Å²) in [7, 11) is 0. The van der Waals surface area contributed by atoms with Crippen LogP contribution in [0.3, 0.4) is 0 Å². The Balaban J connectivity index is 0.00000128. The van der Waals surface area contributed by atoms with E-state index in [1.807, 2.05) is 12.1 Å². The number of hydrogen-bond acceptors (Lipinski definition) is 0. The summed E-state index contributed by atoms with van der Waals surface area (Å²) in [5.41, 5.74) is 3.83. The van der Waals surface area contributed by atoms with E-state index in [1.165, 1.54) is 16.7 Å². The van der Waals surface area contributed by atoms with Gasteiger partial charge in [-0.2, -0.15) is 0 Å². The minimum absolute atomic E-state index is 0. The molecule has 0 atom stereocenters. The molecule has 0 unspecified atom stereocenters. The molecule has 0 aromatic heterocycles. The summed E-state index contributed by atoms with van der Waals surface area (Å²) in [6.45, 7) is 2.08. The van der Waals surface area contributed by atoms with Gasteiger partial charge in [-0.05, 0) is 23.6 Å². The fourth-order valence-corrected chi connectivity index (χ4v) is 1.74. The molecule has 2 aromatic carbocycles. The third-order valence-electron chi connectivity index (χ3n) is 2.46. The Morgan fingerprint density at radius 1 is 0.750 bits per heavy atom. The van der Waals surface area contributed by atoms with Gasteiger partial charge in [-0.1, -0.05) is 66.7 Å². The summed E-state index contributed by atoms with van der Waals surface area (Å²) < 4.78 is 0. The van der Waals surface area contributed by atoms with Gasteiger partial charge >= 0.3 is 0 Å². The fraction of sp³-hybridized carbons (Fsp3) is 0.0667. The largest absolute Gasteiger partial charge is 0.412 e. The molecule has 1 heteroatoms. The molecular weight excluding hydrogens is 196 g/mol. The van der Waals surface area contributed by atoms with Crippen LogP contribution in [0.4, 0.5) is 0 Å². The molecule has 2 aromatic rings. The van der Waals surface area contributed by atoms with E-state index in [0.717, 1.165) is 0 Å². The predicted molar refractivity (Wildman–Crippen MR) is 69.3 cm³/mol. The Labute approximate surface area is 96.4 Å². The molecule has 0 amide bonds. The van der Waals surface area contributed by atoms with Crippen LogP contribution in [0.5, 0.6) is 0 Å². The van der Waals surface area contributed by atoms with Gasteiger partial charge < -0.3 is 5.48 Å². The van der Waals surface area contributed by atoms with Crippen molar-refractivity contribution in [1.29, 1.82) is 0 Å². The molecule has 0 aliphatic rings. The van der Waals surface area contributed by atoms with Crippen LogP contribution in [0.2, 0.25) is 0 Å². The van der Waals surface area contributed by atoms with Crippen molar-refractivity contribution in [3.63, 3.8) is 0 Å². The zero-order valence-corrected chi connectivity index (χ0v) is 9.35. The summed E-state index contributed by atoms with van der Waals surface area (Å²) in [4.78, 5) is 0. The van der Waals surface area contributed by atoms with Crippen LogP contribution in [0.15, 0.2) is 66.7 Å². The van der Waals surface area contributed by atoms with Crippen molar-refractivity contribution in [3.05, 3.63) is 77.9 Å². The Morgan fingerprint density at radius 3 is 1.44 bits per heavy atom. The molecule has 0 spiro atoms. The highest BCUT2D eigenvalue weighted by molar-refractivity contribution is 5.79. The summed E-state index contributed by atoms with van der Waals surface area (Å²) >= 11 is 0. The van der Waals surface area contributed by atoms with Crippen LogP contribution >= 0.6 is 0 Å². The van der Waals surface area contributed by atoms with Gasteiger partial charge in [0.2, 0.25) is 0 Å². The average molecular weight is 212 g/mol. The van der Waals surface area contributed by atoms with Gasteiger partial charge in [-0.25, -0.2) is 0 Å². The van der Waals surface area contributed by atoms with E-state index in [2.05, 4.69) is 61.5 Å². The van der Waals surface area contributed by atoms with Crippen molar-refractivity contribution in [2.45, 2.75) is 6.92 Å². The van der Waals surface area contributed by atoms with Gasteiger partial charge in [0.25, 0.3) is 0 Å². The SMILES string of the molecule is CC=C(c1ccccc1)c1ccccc1.O. The summed E-state index contributed by atoms with van der Waals surface area (Å²) in [5.74, 6) is 0. The molecule has 2 N–H and O–H groups in total. The van der Waals surface area contributed by atoms with E-state index >= 15 is 0 Å². The maximum atomic E-state index is 2.16. The highest BCUT2D eigenvalue weighted by atomic mass is 16.0. The molecule has 16 heavy (non-hydrogen) atoms. The number of allylic oxidation sites excluding steroid dienone is 1. The summed E-state index contributed by atoms with van der Waals surface area (Å²) in [5, 5.41) is 0. The first-order valence-corrected chi connectivity index (χ1v) is 5.19. The van der Waals surface area contributed by atoms with Gasteiger partial charge in [-0.15, -0.1) is 0 Å². The second-order valence-corrected chi connectivity index (χ2v) is 3.43. The molecule has 0 radical (unpaired) electrons. The fourth-order valence-electron chi connectivity index (χ4n) is 1.74. The molecule has 0 bridgehead atoms. The minimum Gasteiger partial charge on any atom is -0.412 e. The Bertz CT molecular complexity index is 402. The molecular formula is C15H16O. The van der Waals surface area contributed by atoms with Crippen molar-refractivity contribution in [2.24, 2.45) is 0 Å². The van der Waals surface area contributed by atoms with Crippen molar-refractivity contribution in [2.75, 3.05) is 0 Å². The van der Waals surface area contributed by atoms with Crippen LogP contribution in [-0.2, 0) is 0 Å². The van der Waals surface area contributed by atoms with Crippen molar-refractivity contribution in [1.82, 2.24) is 0 Å².